The molecule has 1 aromatic rings. The van der Waals surface area contributed by atoms with Crippen molar-refractivity contribution in [1.82, 2.24) is 4.90 Å². The number of piperidine rings is 1. The first-order valence-electron chi connectivity index (χ1n) is 7.93. The van der Waals surface area contributed by atoms with Crippen molar-refractivity contribution < 1.29 is 23.9 Å². The summed E-state index contributed by atoms with van der Waals surface area (Å²) in [5, 5.41) is 0. The molecule has 2 amide bonds. The first-order valence-corrected chi connectivity index (χ1v) is 9.73. The highest BCUT2D eigenvalue weighted by Gasteiger charge is 2.36. The molecule has 1 heterocycles. The molecule has 1 saturated heterocycles. The molecule has 0 unspecified atom stereocenters. The molecule has 4 N–H and O–H groups in total. The van der Waals surface area contributed by atoms with Crippen LogP contribution in [0, 0.1) is 5.92 Å². The number of rotatable bonds is 6. The highest BCUT2D eigenvalue weighted by atomic mass is 31.2. The lowest BCUT2D eigenvalue weighted by atomic mass is 9.91. The topological polar surface area (TPSA) is 121 Å². The third-order valence-corrected chi connectivity index (χ3v) is 5.32. The Hall–Kier alpha value is -1.69. The molecule has 0 aliphatic carbocycles. The van der Waals surface area contributed by atoms with Crippen LogP contribution in [0.4, 0.5) is 0 Å². The summed E-state index contributed by atoms with van der Waals surface area (Å²) in [5.41, 5.74) is 6.44. The number of benzene rings is 1. The monoisotopic (exact) mass is 354 g/mol. The van der Waals surface area contributed by atoms with Crippen molar-refractivity contribution in [2.45, 2.75) is 31.7 Å². The number of nitrogens with two attached hydrogens (primary N) is 1. The van der Waals surface area contributed by atoms with E-state index in [9.17, 15) is 14.2 Å². The fourth-order valence-corrected chi connectivity index (χ4v) is 4.15. The normalized spacial score (nSPS) is 21.5. The first kappa shape index (κ1) is 18.6. The molecule has 132 valence electrons. The van der Waals surface area contributed by atoms with Crippen LogP contribution in [0.2, 0.25) is 0 Å². The second-order valence-electron chi connectivity index (χ2n) is 6.23. The van der Waals surface area contributed by atoms with Gasteiger partial charge >= 0.3 is 7.60 Å². The number of nitrogens with zero attached hydrogens (tertiary/aromatic N) is 1. The molecule has 0 radical (unpaired) electrons. The highest BCUT2D eigenvalue weighted by molar-refractivity contribution is 7.51. The number of hydrogen-bond donors (Lipinski definition) is 3. The average molecular weight is 354 g/mol. The van der Waals surface area contributed by atoms with Crippen molar-refractivity contribution in [2.24, 2.45) is 11.7 Å². The van der Waals surface area contributed by atoms with Gasteiger partial charge in [-0.1, -0.05) is 30.3 Å². The van der Waals surface area contributed by atoms with E-state index in [2.05, 4.69) is 0 Å². The molecule has 1 aromatic carbocycles. The summed E-state index contributed by atoms with van der Waals surface area (Å²) < 4.78 is 11.1. The Bertz CT molecular complexity index is 631. The van der Waals surface area contributed by atoms with Gasteiger partial charge in [-0.25, -0.2) is 0 Å². The van der Waals surface area contributed by atoms with E-state index in [1.165, 1.54) is 4.90 Å². The van der Waals surface area contributed by atoms with E-state index >= 15 is 0 Å². The van der Waals surface area contributed by atoms with E-state index < -0.39 is 19.5 Å². The van der Waals surface area contributed by atoms with Crippen LogP contribution in [0.15, 0.2) is 30.3 Å². The minimum Gasteiger partial charge on any atom is -0.368 e. The van der Waals surface area contributed by atoms with E-state index in [0.717, 1.165) is 5.56 Å². The summed E-state index contributed by atoms with van der Waals surface area (Å²) in [5.74, 6) is -1.09. The van der Waals surface area contributed by atoms with Crippen molar-refractivity contribution in [1.29, 1.82) is 0 Å². The van der Waals surface area contributed by atoms with Crippen molar-refractivity contribution >= 4 is 19.4 Å². The molecule has 0 bridgehead atoms. The highest BCUT2D eigenvalue weighted by Crippen LogP contribution is 2.40. The van der Waals surface area contributed by atoms with Crippen LogP contribution in [0.1, 0.15) is 24.8 Å². The Morgan fingerprint density at radius 3 is 2.50 bits per heavy atom. The van der Waals surface area contributed by atoms with E-state index in [-0.39, 0.29) is 30.8 Å². The SMILES string of the molecule is NC(=O)[C@H]1C[C@@H](CP(=O)(O)O)CCN1C(=O)CCc1ccccc1. The zero-order chi connectivity index (χ0) is 17.7. The summed E-state index contributed by atoms with van der Waals surface area (Å²) >= 11 is 0. The van der Waals surface area contributed by atoms with E-state index in [1.54, 1.807) is 0 Å². The Morgan fingerprint density at radius 1 is 1.25 bits per heavy atom. The molecule has 0 spiro atoms. The second-order valence-corrected chi connectivity index (χ2v) is 7.92. The van der Waals surface area contributed by atoms with Crippen molar-refractivity contribution in [3.8, 4) is 0 Å². The summed E-state index contributed by atoms with van der Waals surface area (Å²) in [6.45, 7) is 0.298. The van der Waals surface area contributed by atoms with Crippen LogP contribution in [-0.4, -0.2) is 45.2 Å². The average Bonchev–Trinajstić information content (AvgIpc) is 2.52. The minimum atomic E-state index is -4.14. The summed E-state index contributed by atoms with van der Waals surface area (Å²) in [6, 6.07) is 8.79. The molecule has 0 aromatic heterocycles. The molecular weight excluding hydrogens is 331 g/mol. The van der Waals surface area contributed by atoms with E-state index in [0.29, 0.717) is 19.4 Å². The zero-order valence-corrected chi connectivity index (χ0v) is 14.3. The summed E-state index contributed by atoms with van der Waals surface area (Å²) in [7, 11) is -4.14. The minimum absolute atomic E-state index is 0.155. The predicted octanol–water partition coefficient (Wildman–Crippen LogP) is 0.889. The fourth-order valence-electron chi connectivity index (χ4n) is 3.15. The smallest absolute Gasteiger partial charge is 0.325 e. The molecule has 1 aliphatic heterocycles. The Kier molecular flexibility index (Phi) is 6.15. The molecule has 7 nitrogen and oxygen atoms in total. The van der Waals surface area contributed by atoms with Crippen LogP contribution in [0.25, 0.3) is 0 Å². The van der Waals surface area contributed by atoms with Crippen LogP contribution >= 0.6 is 7.60 Å². The number of likely N-dealkylation sites (tertiary alicyclic amines) is 1. The van der Waals surface area contributed by atoms with Gasteiger partial charge < -0.3 is 20.4 Å². The van der Waals surface area contributed by atoms with Gasteiger partial charge in [0.15, 0.2) is 0 Å². The quantitative estimate of drug-likeness (QED) is 0.655. The van der Waals surface area contributed by atoms with Gasteiger partial charge in [0, 0.05) is 13.0 Å². The van der Waals surface area contributed by atoms with Crippen LogP contribution < -0.4 is 5.73 Å². The molecule has 0 saturated carbocycles. The van der Waals surface area contributed by atoms with Gasteiger partial charge in [-0.2, -0.15) is 0 Å². The van der Waals surface area contributed by atoms with Crippen molar-refractivity contribution in [3.05, 3.63) is 35.9 Å². The lowest BCUT2D eigenvalue weighted by Crippen LogP contribution is -2.52. The van der Waals surface area contributed by atoms with Gasteiger partial charge in [-0.15, -0.1) is 0 Å². The van der Waals surface area contributed by atoms with Crippen molar-refractivity contribution in [3.63, 3.8) is 0 Å². The number of carbonyl (C=O) groups excluding carboxylic acids is 2. The Labute approximate surface area is 141 Å². The molecular formula is C16H23N2O5P. The number of primary amides is 1. The van der Waals surface area contributed by atoms with Crippen LogP contribution in [-0.2, 0) is 20.6 Å². The third-order valence-electron chi connectivity index (χ3n) is 4.33. The predicted molar refractivity (Wildman–Crippen MR) is 89.1 cm³/mol. The second kappa shape index (κ2) is 7.92. The standard InChI is InChI=1S/C16H23N2O5P/c17-16(20)14-10-13(11-24(21,22)23)8-9-18(14)15(19)7-6-12-4-2-1-3-5-12/h1-5,13-14H,6-11H2,(H2,17,20)(H2,21,22,23)/t13-,14+/m0/s1. The molecule has 2 rings (SSSR count). The molecule has 2 atom stereocenters. The Balaban J connectivity index is 1.97. The molecule has 1 aliphatic rings. The number of carbonyl (C=O) groups is 2. The zero-order valence-electron chi connectivity index (χ0n) is 13.4. The maximum absolute atomic E-state index is 12.4. The maximum Gasteiger partial charge on any atom is 0.325 e. The maximum atomic E-state index is 12.4. The first-order chi connectivity index (χ1) is 11.3. The van der Waals surface area contributed by atoms with Gasteiger partial charge in [0.2, 0.25) is 11.8 Å². The lowest BCUT2D eigenvalue weighted by molar-refractivity contribution is -0.141. The summed E-state index contributed by atoms with van der Waals surface area (Å²) in [4.78, 5) is 43.8. The van der Waals surface area contributed by atoms with Gasteiger partial charge in [0.25, 0.3) is 0 Å². The lowest BCUT2D eigenvalue weighted by Gasteiger charge is -2.38. The van der Waals surface area contributed by atoms with Gasteiger partial charge in [-0.05, 0) is 30.7 Å². The number of aryl methyl sites for hydroxylation is 1. The van der Waals surface area contributed by atoms with Crippen LogP contribution in [0.5, 0.6) is 0 Å². The van der Waals surface area contributed by atoms with E-state index in [4.69, 9.17) is 15.5 Å². The largest absolute Gasteiger partial charge is 0.368 e. The van der Waals surface area contributed by atoms with Crippen LogP contribution in [0.3, 0.4) is 0 Å². The van der Waals surface area contributed by atoms with Gasteiger partial charge in [0.05, 0.1) is 6.16 Å². The van der Waals surface area contributed by atoms with Gasteiger partial charge in [0.1, 0.15) is 6.04 Å². The molecule has 24 heavy (non-hydrogen) atoms. The summed E-state index contributed by atoms with van der Waals surface area (Å²) in [6.07, 6.45) is 1.25. The Morgan fingerprint density at radius 2 is 1.92 bits per heavy atom. The molecule has 1 fully saturated rings. The van der Waals surface area contributed by atoms with E-state index in [1.807, 2.05) is 30.3 Å². The third kappa shape index (κ3) is 5.44. The number of amides is 2. The molecule has 8 heteroatoms. The van der Waals surface area contributed by atoms with Crippen molar-refractivity contribution in [2.75, 3.05) is 12.7 Å². The fraction of sp³-hybridized carbons (Fsp3) is 0.500. The number of hydrogen-bond acceptors (Lipinski definition) is 3. The van der Waals surface area contributed by atoms with Gasteiger partial charge in [-0.3, -0.25) is 14.2 Å².